The Kier molecular flexibility index (Phi) is 5.83. The minimum absolute atomic E-state index is 0.886. The van der Waals surface area contributed by atoms with Crippen LogP contribution in [0.3, 0.4) is 0 Å². The molecule has 3 nitrogen and oxygen atoms in total. The largest absolute Gasteiger partial charge is 0.456 e. The van der Waals surface area contributed by atoms with Crippen LogP contribution in [-0.4, -0.2) is 0 Å². The summed E-state index contributed by atoms with van der Waals surface area (Å²) in [6, 6.07) is 58.4. The molecule has 0 atom stereocenters. The van der Waals surface area contributed by atoms with Crippen molar-refractivity contribution in [2.24, 2.45) is 0 Å². The van der Waals surface area contributed by atoms with E-state index < -0.39 is 0 Å². The summed E-state index contributed by atoms with van der Waals surface area (Å²) in [5.41, 5.74) is 9.06. The first-order valence-corrected chi connectivity index (χ1v) is 17.6. The molecule has 4 heteroatoms. The van der Waals surface area contributed by atoms with Gasteiger partial charge in [0.05, 0.1) is 0 Å². The molecule has 0 saturated carbocycles. The molecule has 0 fully saturated rings. The van der Waals surface area contributed by atoms with Crippen molar-refractivity contribution in [1.29, 1.82) is 0 Å². The standard InChI is InChI=1S/C46H27NO2S/c1-2-10-33-29(9-1)25-38(46-45(33)37-13-4-7-15-41(37)49-46)28-17-19-30(20-18-28)47(31-22-24-42-39(26-31)34-11-3-6-14-40(34)48-42)32-21-23-36-35-12-5-8-16-43(35)50-44(36)27-32/h1-27H. The third-order valence-corrected chi connectivity index (χ3v) is 11.2. The summed E-state index contributed by atoms with van der Waals surface area (Å²) in [5, 5.41) is 9.51. The highest BCUT2D eigenvalue weighted by atomic mass is 32.1. The summed E-state index contributed by atoms with van der Waals surface area (Å²) in [6.45, 7) is 0. The van der Waals surface area contributed by atoms with E-state index in [1.807, 2.05) is 29.5 Å². The van der Waals surface area contributed by atoms with Crippen LogP contribution in [0, 0.1) is 0 Å². The van der Waals surface area contributed by atoms with E-state index in [1.54, 1.807) is 0 Å². The molecule has 50 heavy (non-hydrogen) atoms. The maximum atomic E-state index is 6.58. The van der Waals surface area contributed by atoms with Gasteiger partial charge in [0, 0.05) is 64.3 Å². The number of nitrogens with zero attached hydrogens (tertiary/aromatic N) is 1. The monoisotopic (exact) mass is 657 g/mol. The predicted molar refractivity (Wildman–Crippen MR) is 212 cm³/mol. The number of thiophene rings is 1. The third kappa shape index (κ3) is 4.09. The van der Waals surface area contributed by atoms with Crippen LogP contribution in [0.4, 0.5) is 17.1 Å². The van der Waals surface area contributed by atoms with Crippen LogP contribution >= 0.6 is 11.3 Å². The number of fused-ring (bicyclic) bond motifs is 11. The van der Waals surface area contributed by atoms with Crippen LogP contribution in [0.1, 0.15) is 0 Å². The fourth-order valence-corrected chi connectivity index (χ4v) is 8.87. The average molecular weight is 658 g/mol. The molecule has 0 saturated heterocycles. The van der Waals surface area contributed by atoms with Gasteiger partial charge < -0.3 is 13.7 Å². The van der Waals surface area contributed by atoms with Gasteiger partial charge in [-0.2, -0.15) is 0 Å². The summed E-state index contributed by atoms with van der Waals surface area (Å²) >= 11 is 1.84. The number of benzene rings is 8. The molecule has 0 aliphatic heterocycles. The molecule has 0 aliphatic carbocycles. The van der Waals surface area contributed by atoms with Crippen molar-refractivity contribution in [3.8, 4) is 11.1 Å². The summed E-state index contributed by atoms with van der Waals surface area (Å²) in [6.07, 6.45) is 0. The SMILES string of the molecule is c1ccc2c(c1)cc(-c1ccc(N(c3ccc4c(c3)sc3ccccc34)c3ccc4oc5ccccc5c4c3)cc1)c1oc3ccccc3c12. The van der Waals surface area contributed by atoms with Gasteiger partial charge >= 0.3 is 0 Å². The summed E-state index contributed by atoms with van der Waals surface area (Å²) in [7, 11) is 0. The first-order chi connectivity index (χ1) is 24.8. The van der Waals surface area contributed by atoms with E-state index in [0.29, 0.717) is 0 Å². The molecule has 0 bridgehead atoms. The van der Waals surface area contributed by atoms with Crippen LogP contribution in [0.5, 0.6) is 0 Å². The highest BCUT2D eigenvalue weighted by Crippen LogP contribution is 2.44. The molecule has 3 aromatic heterocycles. The van der Waals surface area contributed by atoms with Crippen molar-refractivity contribution in [2.75, 3.05) is 4.90 Å². The first kappa shape index (κ1) is 27.6. The minimum Gasteiger partial charge on any atom is -0.456 e. The highest BCUT2D eigenvalue weighted by molar-refractivity contribution is 7.25. The lowest BCUT2D eigenvalue weighted by Crippen LogP contribution is -2.09. The van der Waals surface area contributed by atoms with E-state index in [1.165, 1.54) is 30.9 Å². The van der Waals surface area contributed by atoms with E-state index in [9.17, 15) is 0 Å². The molecule has 0 unspecified atom stereocenters. The van der Waals surface area contributed by atoms with Crippen molar-refractivity contribution in [3.05, 3.63) is 164 Å². The predicted octanol–water partition coefficient (Wildman–Crippen LogP) is 14.1. The van der Waals surface area contributed by atoms with Crippen LogP contribution in [-0.2, 0) is 0 Å². The number of para-hydroxylation sites is 2. The molecule has 234 valence electrons. The lowest BCUT2D eigenvalue weighted by Gasteiger charge is -2.26. The molecule has 0 spiro atoms. The van der Waals surface area contributed by atoms with Crippen molar-refractivity contribution in [2.45, 2.75) is 0 Å². The van der Waals surface area contributed by atoms with E-state index >= 15 is 0 Å². The van der Waals surface area contributed by atoms with Crippen LogP contribution < -0.4 is 4.90 Å². The topological polar surface area (TPSA) is 29.5 Å². The number of anilines is 3. The smallest absolute Gasteiger partial charge is 0.143 e. The average Bonchev–Trinajstić information content (AvgIpc) is 3.86. The van der Waals surface area contributed by atoms with Crippen molar-refractivity contribution < 1.29 is 8.83 Å². The van der Waals surface area contributed by atoms with Gasteiger partial charge in [0.15, 0.2) is 0 Å². The maximum absolute atomic E-state index is 6.58. The molecule has 8 aromatic carbocycles. The Morgan fingerprint density at radius 2 is 1.02 bits per heavy atom. The van der Waals surface area contributed by atoms with Crippen molar-refractivity contribution in [3.63, 3.8) is 0 Å². The number of furan rings is 2. The van der Waals surface area contributed by atoms with Gasteiger partial charge in [-0.25, -0.2) is 0 Å². The van der Waals surface area contributed by atoms with Gasteiger partial charge in [0.1, 0.15) is 22.3 Å². The quantitative estimate of drug-likeness (QED) is 0.189. The molecule has 11 rings (SSSR count). The zero-order valence-electron chi connectivity index (χ0n) is 26.8. The zero-order chi connectivity index (χ0) is 32.8. The van der Waals surface area contributed by atoms with Crippen LogP contribution in [0.15, 0.2) is 173 Å². The Morgan fingerprint density at radius 1 is 0.400 bits per heavy atom. The van der Waals surface area contributed by atoms with Gasteiger partial charge in [-0.15, -0.1) is 11.3 Å². The Labute approximate surface area is 290 Å². The van der Waals surface area contributed by atoms with Crippen molar-refractivity contribution in [1.82, 2.24) is 0 Å². The second kappa shape index (κ2) is 10.6. The molecule has 0 N–H and O–H groups in total. The second-order valence-electron chi connectivity index (χ2n) is 12.9. The van der Waals surface area contributed by atoms with Gasteiger partial charge in [-0.05, 0) is 83.1 Å². The molecule has 0 amide bonds. The fraction of sp³-hybridized carbons (Fsp3) is 0. The number of rotatable bonds is 4. The third-order valence-electron chi connectivity index (χ3n) is 10.0. The number of hydrogen-bond donors (Lipinski definition) is 0. The Morgan fingerprint density at radius 3 is 1.88 bits per heavy atom. The van der Waals surface area contributed by atoms with Crippen molar-refractivity contribution >= 4 is 103 Å². The lowest BCUT2D eigenvalue weighted by atomic mass is 9.96. The molecular formula is C46H27NO2S. The Hall–Kier alpha value is -6.36. The molecule has 0 radical (unpaired) electrons. The first-order valence-electron chi connectivity index (χ1n) is 16.8. The Balaban J connectivity index is 1.10. The molecular weight excluding hydrogens is 631 g/mol. The molecule has 0 aliphatic rings. The van der Waals surface area contributed by atoms with Crippen LogP contribution in [0.2, 0.25) is 0 Å². The summed E-state index contributed by atoms with van der Waals surface area (Å²) in [4.78, 5) is 2.35. The Bertz CT molecular complexity index is 3110. The van der Waals surface area contributed by atoms with Gasteiger partial charge in [0.25, 0.3) is 0 Å². The lowest BCUT2D eigenvalue weighted by molar-refractivity contribution is 0.669. The summed E-state index contributed by atoms with van der Waals surface area (Å²) in [5.74, 6) is 0. The zero-order valence-corrected chi connectivity index (χ0v) is 27.6. The summed E-state index contributed by atoms with van der Waals surface area (Å²) < 4.78 is 15.4. The van der Waals surface area contributed by atoms with E-state index in [4.69, 9.17) is 8.83 Å². The maximum Gasteiger partial charge on any atom is 0.143 e. The van der Waals surface area contributed by atoms with Gasteiger partial charge in [-0.1, -0.05) is 97.1 Å². The van der Waals surface area contributed by atoms with Gasteiger partial charge in [-0.3, -0.25) is 0 Å². The van der Waals surface area contributed by atoms with Crippen LogP contribution in [0.25, 0.3) is 85.9 Å². The number of hydrogen-bond acceptors (Lipinski definition) is 4. The minimum atomic E-state index is 0.886. The van der Waals surface area contributed by atoms with Gasteiger partial charge in [0.2, 0.25) is 0 Å². The normalized spacial score (nSPS) is 12.0. The van der Waals surface area contributed by atoms with E-state index in [2.05, 4.69) is 150 Å². The fourth-order valence-electron chi connectivity index (χ4n) is 7.73. The highest BCUT2D eigenvalue weighted by Gasteiger charge is 2.19. The van der Waals surface area contributed by atoms with E-state index in [0.717, 1.165) is 72.1 Å². The van der Waals surface area contributed by atoms with E-state index in [-0.39, 0.29) is 0 Å². The second-order valence-corrected chi connectivity index (χ2v) is 14.0. The molecule has 11 aromatic rings. The molecule has 3 heterocycles.